The van der Waals surface area contributed by atoms with Crippen molar-refractivity contribution in [2.24, 2.45) is 0 Å². The van der Waals surface area contributed by atoms with Crippen molar-refractivity contribution in [3.05, 3.63) is 281 Å². The van der Waals surface area contributed by atoms with E-state index in [1.165, 1.54) is 169 Å². The van der Waals surface area contributed by atoms with Gasteiger partial charge < -0.3 is 18.9 Å². The fourth-order valence-electron chi connectivity index (χ4n) is 19.2. The lowest BCUT2D eigenvalue weighted by atomic mass is 9.33. The third kappa shape index (κ3) is 11.5. The molecule has 0 spiro atoms. The molecule has 2 aliphatic heterocycles. The minimum atomic E-state index is -0.163. The van der Waals surface area contributed by atoms with E-state index in [-0.39, 0.29) is 50.0 Å². The molecule has 4 nitrogen and oxygen atoms in total. The molecule has 0 atom stereocenters. The van der Waals surface area contributed by atoms with Crippen molar-refractivity contribution in [1.82, 2.24) is 9.13 Å². The number of rotatable bonds is 7. The van der Waals surface area contributed by atoms with Gasteiger partial charge in [0.15, 0.2) is 0 Å². The average Bonchev–Trinajstić information content (AvgIpc) is 1.23. The van der Waals surface area contributed by atoms with Crippen molar-refractivity contribution in [3.63, 3.8) is 0 Å². The van der Waals surface area contributed by atoms with Gasteiger partial charge in [-0.3, -0.25) is 0 Å². The van der Waals surface area contributed by atoms with Crippen LogP contribution in [-0.4, -0.2) is 15.8 Å². The Morgan fingerprint density at radius 1 is 0.257 bits per heavy atom. The monoisotopic (exact) mass is 1420 g/mol. The minimum absolute atomic E-state index is 0.0387. The molecule has 546 valence electrons. The summed E-state index contributed by atoms with van der Waals surface area (Å²) in [7, 11) is 0. The Morgan fingerprint density at radius 2 is 0.560 bits per heavy atom. The minimum Gasteiger partial charge on any atom is -0.311 e. The maximum atomic E-state index is 2.66. The van der Waals surface area contributed by atoms with Crippen molar-refractivity contribution < 1.29 is 0 Å². The number of hydrogen-bond acceptors (Lipinski definition) is 2. The van der Waals surface area contributed by atoms with Crippen LogP contribution in [-0.2, 0) is 43.3 Å². The molecule has 4 heterocycles. The first-order valence-corrected chi connectivity index (χ1v) is 40.3. The molecule has 4 aliphatic rings. The number of fused-ring (bicyclic) bond motifs is 12. The third-order valence-corrected chi connectivity index (χ3v) is 26.3. The molecule has 5 heteroatoms. The van der Waals surface area contributed by atoms with Gasteiger partial charge in [0, 0.05) is 61.4 Å². The second-order valence-corrected chi connectivity index (χ2v) is 39.6. The van der Waals surface area contributed by atoms with E-state index in [0.29, 0.717) is 0 Å². The summed E-state index contributed by atoms with van der Waals surface area (Å²) in [6.07, 6.45) is 4.71. The van der Waals surface area contributed by atoms with Crippen molar-refractivity contribution in [3.8, 4) is 44.8 Å². The van der Waals surface area contributed by atoms with Crippen molar-refractivity contribution in [2.75, 3.05) is 9.80 Å². The smallest absolute Gasteiger partial charge is 0.252 e. The Morgan fingerprint density at radius 3 is 0.945 bits per heavy atom. The molecule has 0 N–H and O–H groups in total. The zero-order valence-corrected chi connectivity index (χ0v) is 68.2. The summed E-state index contributed by atoms with van der Waals surface area (Å²) >= 11 is 0. The van der Waals surface area contributed by atoms with Crippen molar-refractivity contribution in [2.45, 2.75) is 207 Å². The summed E-state index contributed by atoms with van der Waals surface area (Å²) in [6.45, 7) is 47.5. The molecular weight excluding hydrogens is 1320 g/mol. The van der Waals surface area contributed by atoms with E-state index in [2.05, 4.69) is 394 Å². The van der Waals surface area contributed by atoms with Crippen LogP contribution in [0.1, 0.15) is 209 Å². The maximum absolute atomic E-state index is 2.66. The predicted octanol–water partition coefficient (Wildman–Crippen LogP) is 26.9. The second-order valence-electron chi connectivity index (χ2n) is 39.6. The van der Waals surface area contributed by atoms with Crippen LogP contribution < -0.4 is 26.2 Å². The molecule has 109 heavy (non-hydrogen) atoms. The van der Waals surface area contributed by atoms with Gasteiger partial charge in [-0.05, 0) is 266 Å². The first-order valence-electron chi connectivity index (χ1n) is 40.3. The zero-order valence-electron chi connectivity index (χ0n) is 68.2. The van der Waals surface area contributed by atoms with Crippen LogP contribution in [0.5, 0.6) is 0 Å². The first-order chi connectivity index (χ1) is 51.5. The summed E-state index contributed by atoms with van der Waals surface area (Å²) in [5.41, 5.74) is 36.5. The summed E-state index contributed by atoms with van der Waals surface area (Å²) < 4.78 is 5.17. The normalized spacial score (nSPS) is 16.3. The fraction of sp³-hybridized carbons (Fsp3) is 0.308. The third-order valence-electron chi connectivity index (χ3n) is 26.3. The number of nitrogens with zero attached hydrogens (tertiary/aromatic N) is 4. The summed E-state index contributed by atoms with van der Waals surface area (Å²) in [5, 5.41) is 5.09. The van der Waals surface area contributed by atoms with Gasteiger partial charge in [0.2, 0.25) is 0 Å². The average molecular weight is 1420 g/mol. The van der Waals surface area contributed by atoms with Crippen LogP contribution in [0.4, 0.5) is 34.1 Å². The molecule has 0 saturated carbocycles. The van der Waals surface area contributed by atoms with Gasteiger partial charge in [0.1, 0.15) is 0 Å². The molecule has 0 unspecified atom stereocenters. The second kappa shape index (κ2) is 24.2. The number of hydrogen-bond donors (Lipinski definition) is 0. The lowest BCUT2D eigenvalue weighted by Crippen LogP contribution is -2.61. The van der Waals surface area contributed by atoms with Gasteiger partial charge in [-0.1, -0.05) is 272 Å². The first kappa shape index (κ1) is 70.6. The number of aromatic nitrogens is 2. The van der Waals surface area contributed by atoms with Gasteiger partial charge >= 0.3 is 0 Å². The van der Waals surface area contributed by atoms with E-state index >= 15 is 0 Å². The Bertz CT molecular complexity index is 5930. The van der Waals surface area contributed by atoms with E-state index in [1.54, 1.807) is 0 Å². The summed E-state index contributed by atoms with van der Waals surface area (Å²) in [4.78, 5) is 5.30. The van der Waals surface area contributed by atoms with E-state index < -0.39 is 0 Å². The molecule has 0 amide bonds. The van der Waals surface area contributed by atoms with E-state index in [4.69, 9.17) is 0 Å². The Kier molecular flexibility index (Phi) is 15.7. The standard InChI is InChI=1S/C104H107BN4/c1-97(2,3)70-33-46-88-78(57-70)79-58-71(98(4,5)6)34-47-89(79)108(88)76-41-45-87-93(61-76)107(75-39-28-66(29-40-75)68-31-43-83-85(55-68)104(19,20)53-51-102(83,15)16)95-63-77(109-90-48-35-72(99(7,8)9)59-80(90)81-60-73(100(10,11)12)36-49-91(81)109)62-94-96(95)105(87)86-44-32-69(64-24-22-21-23-25-64)56-92(86)106(94)74-37-26-65(27-38-74)67-30-42-82-84(54-67)103(17,18)52-50-101(82,13)14/h21-49,54-63H,50-53H2,1-20H3. The lowest BCUT2D eigenvalue weighted by molar-refractivity contribution is 0.332. The summed E-state index contributed by atoms with van der Waals surface area (Å²) in [6, 6.07) is 94.1. The largest absolute Gasteiger partial charge is 0.311 e. The number of anilines is 6. The zero-order chi connectivity index (χ0) is 76.3. The Hall–Kier alpha value is -10.1. The highest BCUT2D eigenvalue weighted by molar-refractivity contribution is 7.00. The molecule has 0 saturated heterocycles. The van der Waals surface area contributed by atoms with Crippen LogP contribution in [0.25, 0.3) is 88.4 Å². The fourth-order valence-corrected chi connectivity index (χ4v) is 19.2. The number of benzene rings is 12. The van der Waals surface area contributed by atoms with Crippen LogP contribution >= 0.6 is 0 Å². The Labute approximate surface area is 649 Å². The maximum Gasteiger partial charge on any atom is 0.252 e. The molecule has 2 aliphatic carbocycles. The highest BCUT2D eigenvalue weighted by Crippen LogP contribution is 2.53. The molecular formula is C104H107BN4. The van der Waals surface area contributed by atoms with Gasteiger partial charge in [-0.2, -0.15) is 0 Å². The van der Waals surface area contributed by atoms with Crippen LogP contribution in [0, 0.1) is 0 Å². The van der Waals surface area contributed by atoms with Gasteiger partial charge in [-0.15, -0.1) is 0 Å². The molecule has 2 aromatic heterocycles. The quantitative estimate of drug-likeness (QED) is 0.148. The summed E-state index contributed by atoms with van der Waals surface area (Å²) in [5.74, 6) is 0. The Balaban J connectivity index is 0.937. The van der Waals surface area contributed by atoms with E-state index in [1.807, 2.05) is 0 Å². The SMILES string of the molecule is CC(C)(C)c1ccc2c(c1)c1cc(C(C)(C)C)ccc1n2-c1ccc2c(c1)N(c1ccc(-c3ccc4c(c3)C(C)(C)CCC4(C)C)cc1)c1cc(-n3c4ccc(C(C)(C)C)cc4c4cc(C(C)(C)C)ccc43)cc3c1B2c1ccc(-c2ccccc2)cc1N3c1ccc(-c2ccc3c(c2)C(C)(C)CCC3(C)C)cc1. The highest BCUT2D eigenvalue weighted by Gasteiger charge is 2.46. The van der Waals surface area contributed by atoms with Crippen molar-refractivity contribution in [1.29, 1.82) is 0 Å². The van der Waals surface area contributed by atoms with E-state index in [9.17, 15) is 0 Å². The van der Waals surface area contributed by atoms with Crippen LogP contribution in [0.15, 0.2) is 237 Å². The molecule has 0 bridgehead atoms. The van der Waals surface area contributed by atoms with Gasteiger partial charge in [-0.25, -0.2) is 0 Å². The topological polar surface area (TPSA) is 16.3 Å². The van der Waals surface area contributed by atoms with Gasteiger partial charge in [0.05, 0.1) is 27.8 Å². The van der Waals surface area contributed by atoms with E-state index in [0.717, 1.165) is 39.8 Å². The molecule has 12 aromatic carbocycles. The van der Waals surface area contributed by atoms with Crippen LogP contribution in [0.3, 0.4) is 0 Å². The molecule has 14 aromatic rings. The van der Waals surface area contributed by atoms with Gasteiger partial charge in [0.25, 0.3) is 6.71 Å². The molecule has 18 rings (SSSR count). The molecule has 0 fully saturated rings. The highest BCUT2D eigenvalue weighted by atomic mass is 15.2. The van der Waals surface area contributed by atoms with Crippen LogP contribution in [0.2, 0.25) is 0 Å². The van der Waals surface area contributed by atoms with Crippen molar-refractivity contribution >= 4 is 101 Å². The molecule has 0 radical (unpaired) electrons. The predicted molar refractivity (Wildman–Crippen MR) is 471 cm³/mol. The lowest BCUT2D eigenvalue weighted by Gasteiger charge is -2.44.